The predicted molar refractivity (Wildman–Crippen MR) is 135 cm³/mol. The van der Waals surface area contributed by atoms with Crippen molar-refractivity contribution in [1.82, 2.24) is 20.1 Å². The summed E-state index contributed by atoms with van der Waals surface area (Å²) < 4.78 is 13.1. The molecule has 35 heavy (non-hydrogen) atoms. The molecule has 1 aliphatic heterocycles. The van der Waals surface area contributed by atoms with Crippen molar-refractivity contribution in [3.8, 4) is 17.1 Å². The van der Waals surface area contributed by atoms with E-state index >= 15 is 0 Å². The second-order valence-electron chi connectivity index (χ2n) is 8.32. The van der Waals surface area contributed by atoms with Crippen LogP contribution < -0.4 is 15.4 Å². The Balaban J connectivity index is 1.42. The van der Waals surface area contributed by atoms with Crippen LogP contribution in [0, 0.1) is 13.8 Å². The number of anilines is 1. The molecule has 0 bridgehead atoms. The molecule has 1 fully saturated rings. The van der Waals surface area contributed by atoms with Gasteiger partial charge in [0.2, 0.25) is 5.91 Å². The molecule has 0 aliphatic carbocycles. The van der Waals surface area contributed by atoms with Gasteiger partial charge in [0, 0.05) is 17.9 Å². The van der Waals surface area contributed by atoms with Gasteiger partial charge in [0.1, 0.15) is 5.75 Å². The summed E-state index contributed by atoms with van der Waals surface area (Å²) in [4.78, 5) is 24.8. The van der Waals surface area contributed by atoms with Crippen molar-refractivity contribution in [2.75, 3.05) is 24.8 Å². The number of rotatable bonds is 8. The summed E-state index contributed by atoms with van der Waals surface area (Å²) >= 11 is 1.23. The van der Waals surface area contributed by atoms with E-state index in [1.54, 1.807) is 13.2 Å². The quantitative estimate of drug-likeness (QED) is 0.451. The molecule has 0 saturated carbocycles. The lowest BCUT2D eigenvalue weighted by Gasteiger charge is -2.15. The number of benzene rings is 2. The maximum Gasteiger partial charge on any atom is 0.325 e. The van der Waals surface area contributed by atoms with Crippen LogP contribution in [0.2, 0.25) is 0 Å². The largest absolute Gasteiger partial charge is 0.497 e. The number of carbonyl (C=O) groups excluding carboxylic acids is 2. The molecule has 1 unspecified atom stereocenters. The Morgan fingerprint density at radius 1 is 1.17 bits per heavy atom. The first-order valence-corrected chi connectivity index (χ1v) is 12.4. The third-order valence-corrected chi connectivity index (χ3v) is 6.88. The van der Waals surface area contributed by atoms with Crippen LogP contribution in [-0.2, 0) is 16.1 Å². The molecule has 1 aliphatic rings. The zero-order valence-corrected chi connectivity index (χ0v) is 20.9. The lowest BCUT2D eigenvalue weighted by molar-refractivity contribution is -0.117. The molecule has 3 amide bonds. The van der Waals surface area contributed by atoms with Crippen molar-refractivity contribution in [2.24, 2.45) is 0 Å². The second-order valence-corrected chi connectivity index (χ2v) is 9.26. The van der Waals surface area contributed by atoms with E-state index in [0.717, 1.165) is 41.9 Å². The molecule has 10 heteroatoms. The minimum absolute atomic E-state index is 0.0203. The molecule has 0 spiro atoms. The zero-order valence-electron chi connectivity index (χ0n) is 20.0. The molecule has 2 heterocycles. The highest BCUT2D eigenvalue weighted by molar-refractivity contribution is 7.99. The molecule has 1 atom stereocenters. The van der Waals surface area contributed by atoms with Crippen LogP contribution in [0.3, 0.4) is 0 Å². The maximum atomic E-state index is 12.5. The average molecular weight is 496 g/mol. The number of urea groups is 1. The average Bonchev–Trinajstić information content (AvgIpc) is 3.51. The topological polar surface area (TPSA) is 107 Å². The number of nitrogens with zero attached hydrogens (tertiary/aromatic N) is 3. The van der Waals surface area contributed by atoms with Gasteiger partial charge in [-0.1, -0.05) is 23.9 Å². The van der Waals surface area contributed by atoms with Crippen LogP contribution >= 0.6 is 11.8 Å². The maximum absolute atomic E-state index is 12.5. The van der Waals surface area contributed by atoms with E-state index in [9.17, 15) is 9.59 Å². The number of amides is 3. The van der Waals surface area contributed by atoms with Crippen LogP contribution in [0.25, 0.3) is 11.4 Å². The highest BCUT2D eigenvalue weighted by atomic mass is 32.2. The van der Waals surface area contributed by atoms with Crippen LogP contribution in [0.4, 0.5) is 10.5 Å². The Kier molecular flexibility index (Phi) is 8.04. The summed E-state index contributed by atoms with van der Waals surface area (Å²) in [5, 5.41) is 14.4. The number of thioether (sulfide) groups is 1. The molecule has 0 radical (unpaired) electrons. The lowest BCUT2D eigenvalue weighted by Crippen LogP contribution is -2.35. The van der Waals surface area contributed by atoms with E-state index < -0.39 is 11.9 Å². The number of carbonyl (C=O) groups is 2. The fraction of sp³-hybridized carbons (Fsp3) is 0.360. The van der Waals surface area contributed by atoms with Crippen molar-refractivity contribution in [1.29, 1.82) is 0 Å². The Morgan fingerprint density at radius 2 is 1.97 bits per heavy atom. The van der Waals surface area contributed by atoms with Crippen LogP contribution in [0.15, 0.2) is 47.6 Å². The first-order valence-electron chi connectivity index (χ1n) is 11.4. The number of hydrogen-bond donors (Lipinski definition) is 2. The molecular formula is C25H29N5O4S. The summed E-state index contributed by atoms with van der Waals surface area (Å²) in [5.74, 6) is 1.05. The third-order valence-electron chi connectivity index (χ3n) is 5.91. The number of ether oxygens (including phenoxy) is 2. The number of aromatic nitrogens is 3. The minimum Gasteiger partial charge on any atom is -0.497 e. The van der Waals surface area contributed by atoms with Gasteiger partial charge in [-0.25, -0.2) is 4.79 Å². The van der Waals surface area contributed by atoms with Gasteiger partial charge in [-0.2, -0.15) is 0 Å². The van der Waals surface area contributed by atoms with Crippen molar-refractivity contribution in [3.63, 3.8) is 0 Å². The predicted octanol–water partition coefficient (Wildman–Crippen LogP) is 4.19. The highest BCUT2D eigenvalue weighted by Gasteiger charge is 2.22. The number of aryl methyl sites for hydroxylation is 1. The molecule has 3 aromatic rings. The zero-order chi connectivity index (χ0) is 24.8. The molecule has 2 aromatic carbocycles. The van der Waals surface area contributed by atoms with Gasteiger partial charge in [0.25, 0.3) is 0 Å². The standard InChI is InChI=1S/C25H29N5O4S/c1-16-6-4-8-21(17(16)2)26-24(32)27-22(31)15-35-25-29-28-23(18-9-11-19(33-3)12-10-18)30(25)14-20-7-5-13-34-20/h4,6,8-12,20H,5,7,13-15H2,1-3H3,(H2,26,27,31,32). The Morgan fingerprint density at radius 3 is 2.69 bits per heavy atom. The van der Waals surface area contributed by atoms with Gasteiger partial charge in [-0.15, -0.1) is 10.2 Å². The van der Waals surface area contributed by atoms with E-state index in [-0.39, 0.29) is 11.9 Å². The SMILES string of the molecule is COc1ccc(-c2nnc(SCC(=O)NC(=O)Nc3cccc(C)c3C)n2CC2CCCO2)cc1. The summed E-state index contributed by atoms with van der Waals surface area (Å²) in [7, 11) is 1.62. The summed E-state index contributed by atoms with van der Waals surface area (Å²) in [6.07, 6.45) is 2.05. The third kappa shape index (κ3) is 6.20. The van der Waals surface area contributed by atoms with Crippen molar-refractivity contribution in [2.45, 2.75) is 44.5 Å². The molecule has 184 valence electrons. The van der Waals surface area contributed by atoms with Gasteiger partial charge in [-0.05, 0) is 68.1 Å². The lowest BCUT2D eigenvalue weighted by atomic mass is 10.1. The second kappa shape index (κ2) is 11.4. The Hall–Kier alpha value is -3.37. The van der Waals surface area contributed by atoms with Gasteiger partial charge >= 0.3 is 6.03 Å². The Bertz CT molecular complexity index is 1190. The van der Waals surface area contributed by atoms with E-state index in [2.05, 4.69) is 20.8 Å². The molecule has 4 rings (SSSR count). The molecule has 1 aromatic heterocycles. The highest BCUT2D eigenvalue weighted by Crippen LogP contribution is 2.27. The van der Waals surface area contributed by atoms with Crippen molar-refractivity contribution < 1.29 is 19.1 Å². The first kappa shape index (κ1) is 24.7. The van der Waals surface area contributed by atoms with Crippen molar-refractivity contribution >= 4 is 29.4 Å². The van der Waals surface area contributed by atoms with E-state index in [0.29, 0.717) is 23.2 Å². The summed E-state index contributed by atoms with van der Waals surface area (Å²) in [6.45, 7) is 5.22. The number of methoxy groups -OCH3 is 1. The van der Waals surface area contributed by atoms with E-state index in [4.69, 9.17) is 9.47 Å². The van der Waals surface area contributed by atoms with Gasteiger partial charge in [-0.3, -0.25) is 14.7 Å². The molecule has 2 N–H and O–H groups in total. The fourth-order valence-electron chi connectivity index (χ4n) is 3.84. The van der Waals surface area contributed by atoms with Crippen LogP contribution in [0.1, 0.15) is 24.0 Å². The van der Waals surface area contributed by atoms with Gasteiger partial charge in [0.05, 0.1) is 25.5 Å². The first-order chi connectivity index (χ1) is 16.9. The number of hydrogen-bond acceptors (Lipinski definition) is 7. The van der Waals surface area contributed by atoms with E-state index in [1.165, 1.54) is 11.8 Å². The minimum atomic E-state index is -0.566. The number of nitrogens with one attached hydrogen (secondary N) is 2. The van der Waals surface area contributed by atoms with Gasteiger partial charge < -0.3 is 14.8 Å². The van der Waals surface area contributed by atoms with Crippen molar-refractivity contribution in [3.05, 3.63) is 53.6 Å². The molecular weight excluding hydrogens is 466 g/mol. The smallest absolute Gasteiger partial charge is 0.325 e. The van der Waals surface area contributed by atoms with E-state index in [1.807, 2.05) is 54.8 Å². The summed E-state index contributed by atoms with van der Waals surface area (Å²) in [5.41, 5.74) is 3.57. The van der Waals surface area contributed by atoms with Gasteiger partial charge in [0.15, 0.2) is 11.0 Å². The normalized spacial score (nSPS) is 15.1. The fourth-order valence-corrected chi connectivity index (χ4v) is 4.59. The Labute approximate surface area is 208 Å². The number of imide groups is 1. The van der Waals surface area contributed by atoms with Crippen LogP contribution in [0.5, 0.6) is 5.75 Å². The monoisotopic (exact) mass is 495 g/mol. The van der Waals surface area contributed by atoms with Crippen LogP contribution in [-0.4, -0.2) is 52.3 Å². The summed E-state index contributed by atoms with van der Waals surface area (Å²) in [6, 6.07) is 12.6. The molecule has 9 nitrogen and oxygen atoms in total. The molecule has 1 saturated heterocycles.